The van der Waals surface area contributed by atoms with E-state index in [9.17, 15) is 33.5 Å². The van der Waals surface area contributed by atoms with Crippen LogP contribution in [0.5, 0.6) is 11.5 Å². The molecule has 29 heavy (non-hydrogen) atoms. The monoisotopic (exact) mass is 439 g/mol. The minimum absolute atomic E-state index is 0.132. The predicted molar refractivity (Wildman–Crippen MR) is 104 cm³/mol. The van der Waals surface area contributed by atoms with Crippen LogP contribution in [-0.2, 0) is 9.13 Å². The average Bonchev–Trinajstić information content (AvgIpc) is 2.60. The molecular formula is C17H15NO9P2. The molecule has 10 nitrogen and oxygen atoms in total. The predicted octanol–water partition coefficient (Wildman–Crippen LogP) is 3.04. The first-order valence-corrected chi connectivity index (χ1v) is 11.0. The Bertz CT molecular complexity index is 1150. The highest BCUT2D eigenvalue weighted by molar-refractivity contribution is 7.47. The SMILES string of the molecule is O=C(Nc1ccccc1)c1c(OP(=O)(O)O)cc2ccccc2c1OP(=O)(O)O. The number of phosphoric ester groups is 2. The fraction of sp³-hybridized carbons (Fsp3) is 0. The molecule has 0 aliphatic heterocycles. The van der Waals surface area contributed by atoms with Crippen LogP contribution in [-0.4, -0.2) is 25.5 Å². The first kappa shape index (κ1) is 21.0. The van der Waals surface area contributed by atoms with Crippen molar-refractivity contribution in [3.8, 4) is 11.5 Å². The molecule has 0 heterocycles. The zero-order chi connectivity index (χ0) is 21.2. The molecule has 0 radical (unpaired) electrons. The van der Waals surface area contributed by atoms with E-state index >= 15 is 0 Å². The third-order valence-corrected chi connectivity index (χ3v) is 4.51. The van der Waals surface area contributed by atoms with Crippen molar-refractivity contribution in [3.05, 3.63) is 66.2 Å². The van der Waals surface area contributed by atoms with E-state index in [1.807, 2.05) is 0 Å². The van der Waals surface area contributed by atoms with Gasteiger partial charge in [-0.2, -0.15) is 0 Å². The largest absolute Gasteiger partial charge is 0.524 e. The minimum Gasteiger partial charge on any atom is -0.403 e. The van der Waals surface area contributed by atoms with Crippen molar-refractivity contribution in [2.24, 2.45) is 0 Å². The number of hydrogen-bond acceptors (Lipinski definition) is 5. The average molecular weight is 439 g/mol. The van der Waals surface area contributed by atoms with Crippen molar-refractivity contribution in [1.82, 2.24) is 0 Å². The number of amides is 1. The first-order valence-electron chi connectivity index (χ1n) is 7.96. The highest BCUT2D eigenvalue weighted by atomic mass is 31.2. The summed E-state index contributed by atoms with van der Waals surface area (Å²) in [6.45, 7) is 0. The summed E-state index contributed by atoms with van der Waals surface area (Å²) in [6, 6.07) is 15.3. The zero-order valence-electron chi connectivity index (χ0n) is 14.5. The van der Waals surface area contributed by atoms with Gasteiger partial charge in [0, 0.05) is 11.1 Å². The Balaban J connectivity index is 2.25. The van der Waals surface area contributed by atoms with Crippen LogP contribution in [0.15, 0.2) is 60.7 Å². The van der Waals surface area contributed by atoms with Gasteiger partial charge in [-0.1, -0.05) is 42.5 Å². The molecule has 0 bridgehead atoms. The topological polar surface area (TPSA) is 163 Å². The molecule has 12 heteroatoms. The molecule has 0 aliphatic carbocycles. The molecule has 3 aromatic carbocycles. The van der Waals surface area contributed by atoms with Crippen LogP contribution in [0.25, 0.3) is 10.8 Å². The third-order valence-electron chi connectivity index (χ3n) is 3.65. The molecule has 0 aromatic heterocycles. The van der Waals surface area contributed by atoms with E-state index in [0.29, 0.717) is 5.69 Å². The number of anilines is 1. The molecule has 152 valence electrons. The van der Waals surface area contributed by atoms with Gasteiger partial charge < -0.3 is 14.4 Å². The lowest BCUT2D eigenvalue weighted by Gasteiger charge is -2.18. The Morgan fingerprint density at radius 3 is 2.03 bits per heavy atom. The molecule has 0 saturated carbocycles. The van der Waals surface area contributed by atoms with E-state index < -0.39 is 38.6 Å². The molecular weight excluding hydrogens is 424 g/mol. The van der Waals surface area contributed by atoms with Gasteiger partial charge in [0.25, 0.3) is 5.91 Å². The lowest BCUT2D eigenvalue weighted by molar-refractivity contribution is 0.102. The van der Waals surface area contributed by atoms with Crippen molar-refractivity contribution in [2.45, 2.75) is 0 Å². The van der Waals surface area contributed by atoms with Crippen LogP contribution < -0.4 is 14.4 Å². The van der Waals surface area contributed by atoms with Crippen LogP contribution in [0.3, 0.4) is 0 Å². The molecule has 0 fully saturated rings. The Kier molecular flexibility index (Phi) is 5.77. The number of benzene rings is 3. The Morgan fingerprint density at radius 1 is 0.828 bits per heavy atom. The number of rotatable bonds is 6. The lowest BCUT2D eigenvalue weighted by Crippen LogP contribution is -2.15. The maximum Gasteiger partial charge on any atom is 0.524 e. The summed E-state index contributed by atoms with van der Waals surface area (Å²) in [7, 11) is -10.3. The molecule has 1 amide bonds. The normalized spacial score (nSPS) is 11.9. The van der Waals surface area contributed by atoms with Crippen LogP contribution in [0, 0.1) is 0 Å². The van der Waals surface area contributed by atoms with E-state index in [2.05, 4.69) is 9.84 Å². The van der Waals surface area contributed by atoms with Gasteiger partial charge in [0.15, 0.2) is 5.75 Å². The summed E-state index contributed by atoms with van der Waals surface area (Å²) in [5.41, 5.74) is -0.255. The van der Waals surface area contributed by atoms with Gasteiger partial charge >= 0.3 is 15.6 Å². The molecule has 0 unspecified atom stereocenters. The molecule has 0 saturated heterocycles. The van der Waals surface area contributed by atoms with Gasteiger partial charge in [-0.3, -0.25) is 24.4 Å². The van der Waals surface area contributed by atoms with Gasteiger partial charge in [-0.15, -0.1) is 0 Å². The van der Waals surface area contributed by atoms with Crippen molar-refractivity contribution >= 4 is 38.0 Å². The van der Waals surface area contributed by atoms with E-state index in [1.54, 1.807) is 36.4 Å². The van der Waals surface area contributed by atoms with Crippen molar-refractivity contribution in [1.29, 1.82) is 0 Å². The van der Waals surface area contributed by atoms with Crippen molar-refractivity contribution in [3.63, 3.8) is 0 Å². The van der Waals surface area contributed by atoms with Crippen LogP contribution in [0.2, 0.25) is 0 Å². The second-order valence-electron chi connectivity index (χ2n) is 5.78. The molecule has 0 atom stereocenters. The zero-order valence-corrected chi connectivity index (χ0v) is 16.3. The fourth-order valence-electron chi connectivity index (χ4n) is 2.63. The number of phosphoric acid groups is 2. The lowest BCUT2D eigenvalue weighted by atomic mass is 10.0. The van der Waals surface area contributed by atoms with Gasteiger partial charge in [0.05, 0.1) is 0 Å². The fourth-order valence-corrected chi connectivity index (χ4v) is 3.46. The molecule has 0 spiro atoms. The van der Waals surface area contributed by atoms with Gasteiger partial charge in [0.1, 0.15) is 11.3 Å². The first-order chi connectivity index (χ1) is 13.5. The highest BCUT2D eigenvalue weighted by Crippen LogP contribution is 2.49. The standard InChI is InChI=1S/C17H15NO9P2/c19-17(18-12-7-2-1-3-8-12)15-14(26-28(20,21)22)10-11-6-4-5-9-13(11)16(15)27-29(23,24)25/h1-10H,(H,18,19)(H2,20,21,22)(H2,23,24,25). The summed E-state index contributed by atoms with van der Waals surface area (Å²) in [4.78, 5) is 50.0. The minimum atomic E-state index is -5.14. The van der Waals surface area contributed by atoms with E-state index in [4.69, 9.17) is 4.52 Å². The van der Waals surface area contributed by atoms with Gasteiger partial charge in [-0.25, -0.2) is 9.13 Å². The van der Waals surface area contributed by atoms with Crippen LogP contribution >= 0.6 is 15.6 Å². The Hall–Kier alpha value is -2.71. The summed E-state index contributed by atoms with van der Waals surface area (Å²) in [5.74, 6) is -2.13. The van der Waals surface area contributed by atoms with E-state index in [-0.39, 0.29) is 10.8 Å². The maximum absolute atomic E-state index is 12.9. The number of nitrogens with one attached hydrogen (secondary N) is 1. The van der Waals surface area contributed by atoms with Crippen molar-refractivity contribution < 1.29 is 42.5 Å². The Morgan fingerprint density at radius 2 is 1.41 bits per heavy atom. The summed E-state index contributed by atoms with van der Waals surface area (Å²) < 4.78 is 32.3. The van der Waals surface area contributed by atoms with E-state index in [1.165, 1.54) is 24.3 Å². The molecule has 0 aliphatic rings. The van der Waals surface area contributed by atoms with Gasteiger partial charge in [0.2, 0.25) is 0 Å². The third kappa shape index (κ3) is 5.42. The molecule has 5 N–H and O–H groups in total. The second kappa shape index (κ2) is 7.96. The second-order valence-corrected chi connectivity index (χ2v) is 8.11. The number of carbonyl (C=O) groups is 1. The molecule has 3 rings (SSSR count). The number of para-hydroxylation sites is 1. The Labute approximate surface area is 164 Å². The van der Waals surface area contributed by atoms with Crippen LogP contribution in [0.1, 0.15) is 10.4 Å². The quantitative estimate of drug-likeness (QED) is 0.363. The summed E-state index contributed by atoms with van der Waals surface area (Å²) in [6.07, 6.45) is 0. The number of fused-ring (bicyclic) bond motifs is 1. The van der Waals surface area contributed by atoms with Crippen molar-refractivity contribution in [2.75, 3.05) is 5.32 Å². The summed E-state index contributed by atoms with van der Waals surface area (Å²) in [5, 5.41) is 2.88. The maximum atomic E-state index is 12.9. The number of carbonyl (C=O) groups excluding carboxylic acids is 1. The number of hydrogen-bond donors (Lipinski definition) is 5. The highest BCUT2D eigenvalue weighted by Gasteiger charge is 2.30. The molecule has 3 aromatic rings. The smallest absolute Gasteiger partial charge is 0.403 e. The van der Waals surface area contributed by atoms with Crippen LogP contribution in [0.4, 0.5) is 5.69 Å². The van der Waals surface area contributed by atoms with Gasteiger partial charge in [-0.05, 0) is 23.6 Å². The van der Waals surface area contributed by atoms with E-state index in [0.717, 1.165) is 0 Å². The summed E-state index contributed by atoms with van der Waals surface area (Å²) >= 11 is 0.